The molecule has 168 valence electrons. The Morgan fingerprint density at radius 2 is 1.55 bits per heavy atom. The van der Waals surface area contributed by atoms with E-state index in [1.807, 2.05) is 35.2 Å². The molecule has 1 amide bonds. The third kappa shape index (κ3) is 6.63. The van der Waals surface area contributed by atoms with Crippen LogP contribution in [0.1, 0.15) is 36.6 Å². The van der Waals surface area contributed by atoms with Crippen molar-refractivity contribution in [2.24, 2.45) is 0 Å². The molecule has 1 saturated heterocycles. The van der Waals surface area contributed by atoms with E-state index in [2.05, 4.69) is 48.3 Å². The molecule has 1 N–H and O–H groups in total. The third-order valence-corrected chi connectivity index (χ3v) is 7.51. The Kier molecular flexibility index (Phi) is 8.23. The number of sulfone groups is 1. The van der Waals surface area contributed by atoms with E-state index >= 15 is 0 Å². The van der Waals surface area contributed by atoms with Gasteiger partial charge in [0.2, 0.25) is 5.91 Å². The Morgan fingerprint density at radius 1 is 0.968 bits per heavy atom. The highest BCUT2D eigenvalue weighted by atomic mass is 32.2. The number of carbonyl (C=O) groups is 1. The van der Waals surface area contributed by atoms with Crippen LogP contribution in [0, 0.1) is 0 Å². The van der Waals surface area contributed by atoms with Crippen LogP contribution in [0.3, 0.4) is 0 Å². The largest absolute Gasteiger partial charge is 0.350 e. The first-order valence-corrected chi connectivity index (χ1v) is 12.8. The topological polar surface area (TPSA) is 69.7 Å². The Hall–Kier alpha value is -2.22. The van der Waals surface area contributed by atoms with E-state index in [0.717, 1.165) is 30.8 Å². The van der Waals surface area contributed by atoms with Crippen LogP contribution in [-0.2, 0) is 27.7 Å². The van der Waals surface area contributed by atoms with Gasteiger partial charge in [-0.3, -0.25) is 14.6 Å². The van der Waals surface area contributed by atoms with E-state index in [-0.39, 0.29) is 17.4 Å². The molecule has 3 rings (SSSR count). The van der Waals surface area contributed by atoms with Crippen LogP contribution in [0.4, 0.5) is 0 Å². The van der Waals surface area contributed by atoms with Crippen molar-refractivity contribution >= 4 is 15.7 Å². The van der Waals surface area contributed by atoms with Gasteiger partial charge in [-0.05, 0) is 29.8 Å². The fraction of sp³-hybridized carbons (Fsp3) is 0.458. The molecule has 1 unspecified atom stereocenters. The molecule has 1 aliphatic rings. The van der Waals surface area contributed by atoms with Crippen molar-refractivity contribution in [1.82, 2.24) is 15.1 Å². The predicted molar refractivity (Wildman–Crippen MR) is 124 cm³/mol. The van der Waals surface area contributed by atoms with Gasteiger partial charge in [-0.1, -0.05) is 68.4 Å². The maximum absolute atomic E-state index is 13.2. The summed E-state index contributed by atoms with van der Waals surface area (Å²) in [5.41, 5.74) is 3.19. The van der Waals surface area contributed by atoms with Crippen LogP contribution in [0.2, 0.25) is 0 Å². The lowest BCUT2D eigenvalue weighted by atomic mass is 10.0. The number of rotatable bonds is 9. The standard InChI is InChI=1S/C24H33N3O3S/c1-3-26(4-2)19-21-12-10-20(11-13-21)18-25-24(28)23(22-8-6-5-7-9-22)27-14-16-31(29,30)17-15-27/h5-13,23H,3-4,14-19H2,1-2H3,(H,25,28). The van der Waals surface area contributed by atoms with Crippen LogP contribution in [0.5, 0.6) is 0 Å². The Bertz CT molecular complexity index is 928. The lowest BCUT2D eigenvalue weighted by molar-refractivity contribution is -0.126. The minimum atomic E-state index is -3.01. The normalized spacial score (nSPS) is 17.4. The summed E-state index contributed by atoms with van der Waals surface area (Å²) in [5.74, 6) is 0.0904. The van der Waals surface area contributed by atoms with Gasteiger partial charge in [-0.2, -0.15) is 0 Å². The summed E-state index contributed by atoms with van der Waals surface area (Å²) in [4.78, 5) is 17.5. The van der Waals surface area contributed by atoms with Gasteiger partial charge in [0, 0.05) is 26.2 Å². The molecule has 0 saturated carbocycles. The van der Waals surface area contributed by atoms with E-state index < -0.39 is 15.9 Å². The van der Waals surface area contributed by atoms with E-state index in [1.165, 1.54) is 5.56 Å². The molecule has 1 heterocycles. The number of benzene rings is 2. The monoisotopic (exact) mass is 443 g/mol. The van der Waals surface area contributed by atoms with Gasteiger partial charge in [-0.25, -0.2) is 8.42 Å². The Balaban J connectivity index is 1.65. The zero-order valence-corrected chi connectivity index (χ0v) is 19.3. The minimum Gasteiger partial charge on any atom is -0.350 e. The lowest BCUT2D eigenvalue weighted by Crippen LogP contribution is -2.47. The minimum absolute atomic E-state index is 0.0949. The third-order valence-electron chi connectivity index (χ3n) is 5.90. The second-order valence-corrected chi connectivity index (χ2v) is 10.3. The molecule has 0 bridgehead atoms. The van der Waals surface area contributed by atoms with Crippen molar-refractivity contribution < 1.29 is 13.2 Å². The maximum atomic E-state index is 13.2. The number of carbonyl (C=O) groups excluding carboxylic acids is 1. The SMILES string of the molecule is CCN(CC)Cc1ccc(CNC(=O)C(c2ccccc2)N2CCS(=O)(=O)CC2)cc1. The molecule has 2 aromatic carbocycles. The molecule has 0 aliphatic carbocycles. The highest BCUT2D eigenvalue weighted by molar-refractivity contribution is 7.91. The molecule has 1 atom stereocenters. The average Bonchev–Trinajstić information content (AvgIpc) is 2.79. The van der Waals surface area contributed by atoms with E-state index in [0.29, 0.717) is 19.6 Å². The summed E-state index contributed by atoms with van der Waals surface area (Å²) < 4.78 is 23.7. The average molecular weight is 444 g/mol. The van der Waals surface area contributed by atoms with Gasteiger partial charge in [0.15, 0.2) is 9.84 Å². The highest BCUT2D eigenvalue weighted by Crippen LogP contribution is 2.23. The van der Waals surface area contributed by atoms with Crippen molar-refractivity contribution in [3.63, 3.8) is 0 Å². The molecule has 6 nitrogen and oxygen atoms in total. The fourth-order valence-corrected chi connectivity index (χ4v) is 5.13. The first kappa shape index (κ1) is 23.4. The molecule has 0 spiro atoms. The number of hydrogen-bond acceptors (Lipinski definition) is 5. The summed E-state index contributed by atoms with van der Waals surface area (Å²) in [6, 6.07) is 17.4. The van der Waals surface area contributed by atoms with Gasteiger partial charge >= 0.3 is 0 Å². The zero-order valence-electron chi connectivity index (χ0n) is 18.5. The van der Waals surface area contributed by atoms with Crippen molar-refractivity contribution in [3.8, 4) is 0 Å². The van der Waals surface area contributed by atoms with Crippen LogP contribution < -0.4 is 5.32 Å². The van der Waals surface area contributed by atoms with Gasteiger partial charge in [-0.15, -0.1) is 0 Å². The predicted octanol–water partition coefficient (Wildman–Crippen LogP) is 2.62. The van der Waals surface area contributed by atoms with Crippen LogP contribution >= 0.6 is 0 Å². The van der Waals surface area contributed by atoms with Gasteiger partial charge < -0.3 is 5.32 Å². The summed E-state index contributed by atoms with van der Waals surface area (Å²) in [5, 5.41) is 3.06. The van der Waals surface area contributed by atoms with E-state index in [4.69, 9.17) is 0 Å². The van der Waals surface area contributed by atoms with Gasteiger partial charge in [0.1, 0.15) is 6.04 Å². The molecular formula is C24H33N3O3S. The van der Waals surface area contributed by atoms with Crippen molar-refractivity contribution in [3.05, 3.63) is 71.3 Å². The number of nitrogens with one attached hydrogen (secondary N) is 1. The fourth-order valence-electron chi connectivity index (χ4n) is 3.90. The summed E-state index contributed by atoms with van der Waals surface area (Å²) in [6.45, 7) is 8.47. The quantitative estimate of drug-likeness (QED) is 0.645. The number of amides is 1. The molecule has 2 aromatic rings. The molecule has 0 aromatic heterocycles. The van der Waals surface area contributed by atoms with E-state index in [9.17, 15) is 13.2 Å². The smallest absolute Gasteiger partial charge is 0.242 e. The van der Waals surface area contributed by atoms with Crippen LogP contribution in [0.15, 0.2) is 54.6 Å². The zero-order chi connectivity index (χ0) is 22.3. The lowest BCUT2D eigenvalue weighted by Gasteiger charge is -2.33. The van der Waals surface area contributed by atoms with Crippen molar-refractivity contribution in [2.45, 2.75) is 33.0 Å². The Labute approximate surface area is 186 Å². The van der Waals surface area contributed by atoms with Gasteiger partial charge in [0.25, 0.3) is 0 Å². The van der Waals surface area contributed by atoms with Crippen molar-refractivity contribution in [2.75, 3.05) is 37.7 Å². The molecule has 1 aliphatic heterocycles. The van der Waals surface area contributed by atoms with Crippen LogP contribution in [0.25, 0.3) is 0 Å². The maximum Gasteiger partial charge on any atom is 0.242 e. The van der Waals surface area contributed by atoms with Gasteiger partial charge in [0.05, 0.1) is 11.5 Å². The first-order valence-electron chi connectivity index (χ1n) is 11.0. The molecule has 31 heavy (non-hydrogen) atoms. The molecule has 1 fully saturated rings. The van der Waals surface area contributed by atoms with Crippen LogP contribution in [-0.4, -0.2) is 61.8 Å². The summed E-state index contributed by atoms with van der Waals surface area (Å²) in [7, 11) is -3.01. The second-order valence-electron chi connectivity index (χ2n) is 8.00. The highest BCUT2D eigenvalue weighted by Gasteiger charge is 2.32. The first-order chi connectivity index (χ1) is 14.9. The Morgan fingerprint density at radius 3 is 2.13 bits per heavy atom. The number of hydrogen-bond donors (Lipinski definition) is 1. The molecule has 7 heteroatoms. The van der Waals surface area contributed by atoms with Crippen molar-refractivity contribution in [1.29, 1.82) is 0 Å². The van der Waals surface area contributed by atoms with E-state index in [1.54, 1.807) is 0 Å². The summed E-state index contributed by atoms with van der Waals surface area (Å²) >= 11 is 0. The summed E-state index contributed by atoms with van der Waals surface area (Å²) in [6.07, 6.45) is 0. The molecule has 0 radical (unpaired) electrons. The second kappa shape index (κ2) is 10.9. The number of nitrogens with zero attached hydrogens (tertiary/aromatic N) is 2. The molecular weight excluding hydrogens is 410 g/mol.